The molecule has 7 nitrogen and oxygen atoms in total. The molecule has 1 N–H and O–H groups in total. The zero-order chi connectivity index (χ0) is 23.9. The van der Waals surface area contributed by atoms with Gasteiger partial charge >= 0.3 is 5.91 Å². The number of ketones is 2. The van der Waals surface area contributed by atoms with Crippen molar-refractivity contribution in [1.29, 1.82) is 0 Å². The number of Topliss-reactive ketones (excluding diaryl/α,β-unsaturated/α-hetero) is 2. The summed E-state index contributed by atoms with van der Waals surface area (Å²) in [4.78, 5) is 46.8. The van der Waals surface area contributed by atoms with Crippen LogP contribution in [0.3, 0.4) is 0 Å². The van der Waals surface area contributed by atoms with Crippen molar-refractivity contribution in [3.05, 3.63) is 59.7 Å². The van der Waals surface area contributed by atoms with Crippen LogP contribution >= 0.6 is 0 Å². The lowest BCUT2D eigenvalue weighted by molar-refractivity contribution is -0.115. The zero-order valence-corrected chi connectivity index (χ0v) is 20.7. The van der Waals surface area contributed by atoms with E-state index in [0.29, 0.717) is 29.1 Å². The molecule has 2 aliphatic rings. The highest BCUT2D eigenvalue weighted by atomic mass is 32.8. The fourth-order valence-electron chi connectivity index (χ4n) is 3.00. The molecule has 2 heterocycles. The minimum atomic E-state index is -1.13. The molecular formula is C22H24N2O5S2Si. The zero-order valence-electron chi connectivity index (χ0n) is 18.0. The Labute approximate surface area is 197 Å². The predicted octanol–water partition coefficient (Wildman–Crippen LogP) is 3.34. The summed E-state index contributed by atoms with van der Waals surface area (Å²) in [7, 11) is -1.13. The maximum Gasteiger partial charge on any atom is 0.301 e. The summed E-state index contributed by atoms with van der Waals surface area (Å²) in [5, 5.41) is 2.46. The van der Waals surface area contributed by atoms with E-state index in [4.69, 9.17) is 4.74 Å². The van der Waals surface area contributed by atoms with E-state index in [1.54, 1.807) is 42.5 Å². The second-order valence-corrected chi connectivity index (χ2v) is 13.9. The van der Waals surface area contributed by atoms with E-state index < -0.39 is 31.5 Å². The van der Waals surface area contributed by atoms with Crippen molar-refractivity contribution in [3.63, 3.8) is 0 Å². The molecule has 2 aliphatic heterocycles. The Morgan fingerprint density at radius 3 is 2.09 bits per heavy atom. The molecule has 0 atom stereocenters. The van der Waals surface area contributed by atoms with Gasteiger partial charge in [-0.1, -0.05) is 43.9 Å². The molecule has 0 fully saturated rings. The van der Waals surface area contributed by atoms with Gasteiger partial charge in [0.15, 0.2) is 0 Å². The van der Waals surface area contributed by atoms with Crippen molar-refractivity contribution in [2.75, 3.05) is 23.6 Å². The lowest BCUT2D eigenvalue weighted by Gasteiger charge is -2.19. The number of fused-ring (bicyclic) bond motifs is 2. The highest BCUT2D eigenvalue weighted by molar-refractivity contribution is 8.07. The van der Waals surface area contributed by atoms with E-state index in [9.17, 15) is 19.2 Å². The average Bonchev–Trinajstić information content (AvgIpc) is 3.20. The van der Waals surface area contributed by atoms with Crippen LogP contribution in [0.15, 0.2) is 48.5 Å². The molecule has 0 aliphatic carbocycles. The van der Waals surface area contributed by atoms with Gasteiger partial charge in [0.1, 0.15) is 6.73 Å². The molecular weight excluding hydrogens is 464 g/mol. The van der Waals surface area contributed by atoms with Crippen molar-refractivity contribution < 1.29 is 23.9 Å². The average molecular weight is 489 g/mol. The molecule has 0 radical (unpaired) electrons. The van der Waals surface area contributed by atoms with E-state index in [2.05, 4.69) is 47.3 Å². The number of ether oxygens (including phenoxy) is 1. The van der Waals surface area contributed by atoms with Crippen molar-refractivity contribution in [1.82, 2.24) is 0 Å². The third-order valence-corrected chi connectivity index (χ3v) is 6.43. The lowest BCUT2D eigenvalue weighted by Crippen LogP contribution is -2.33. The minimum Gasteiger partial charge on any atom is -0.361 e. The van der Waals surface area contributed by atoms with Crippen LogP contribution in [-0.4, -0.2) is 44.8 Å². The van der Waals surface area contributed by atoms with Crippen LogP contribution in [0.1, 0.15) is 20.7 Å². The third-order valence-electron chi connectivity index (χ3n) is 4.72. The molecule has 10 heteroatoms. The van der Waals surface area contributed by atoms with E-state index in [-0.39, 0.29) is 6.73 Å². The number of benzene rings is 2. The molecule has 0 spiro atoms. The standard InChI is InChI=1S/C14H19NO3Si.C8H5NO2.S2/c1-19(2,3)9-8-18-10-15-12-7-5-4-6-11(12)13(16)14(15)17;10-7-5-3-1-2-4-6(5)9-8(7)11;1-2/h4-7H,8-10H2,1-3H3;1-4H,(H,9,10,11);. The molecule has 2 aromatic carbocycles. The normalized spacial score (nSPS) is 14.0. The summed E-state index contributed by atoms with van der Waals surface area (Å²) in [6.45, 7) is 7.62. The van der Waals surface area contributed by atoms with Crippen LogP contribution in [0, 0.1) is 0 Å². The van der Waals surface area contributed by atoms with Gasteiger partial charge in [0.05, 0.1) is 22.5 Å². The fourth-order valence-corrected chi connectivity index (χ4v) is 3.76. The van der Waals surface area contributed by atoms with Crippen LogP contribution in [0.5, 0.6) is 0 Å². The summed E-state index contributed by atoms with van der Waals surface area (Å²) in [6.07, 6.45) is 0. The fraction of sp³-hybridized carbons (Fsp3) is 0.273. The smallest absolute Gasteiger partial charge is 0.301 e. The molecule has 168 valence electrons. The number of hydrogen-bond donors (Lipinski definition) is 1. The Bertz CT molecular complexity index is 1040. The minimum absolute atomic E-state index is 0.159. The SMILES string of the molecule is C[Si](C)(C)CCOCN1C(=O)C(=O)c2ccccc21.O=C1Nc2ccccc2C1=O.S=S. The number of hydrogen-bond acceptors (Lipinski definition) is 7. The topological polar surface area (TPSA) is 92.8 Å². The lowest BCUT2D eigenvalue weighted by atomic mass is 10.1. The highest BCUT2D eigenvalue weighted by Crippen LogP contribution is 2.28. The molecule has 0 bridgehead atoms. The first kappa shape index (κ1) is 25.6. The van der Waals surface area contributed by atoms with Gasteiger partial charge in [-0.25, -0.2) is 0 Å². The first-order valence-electron chi connectivity index (χ1n) is 9.83. The van der Waals surface area contributed by atoms with Crippen molar-refractivity contribution in [2.24, 2.45) is 0 Å². The summed E-state index contributed by atoms with van der Waals surface area (Å²) >= 11 is 7.33. The van der Waals surface area contributed by atoms with Crippen LogP contribution < -0.4 is 10.2 Å². The van der Waals surface area contributed by atoms with Crippen molar-refractivity contribution >= 4 is 65.2 Å². The highest BCUT2D eigenvalue weighted by Gasteiger charge is 2.35. The Morgan fingerprint density at radius 2 is 1.47 bits per heavy atom. The third kappa shape index (κ3) is 6.19. The molecule has 0 unspecified atom stereocenters. The summed E-state index contributed by atoms with van der Waals surface area (Å²) < 4.78 is 5.56. The Morgan fingerprint density at radius 1 is 0.875 bits per heavy atom. The van der Waals surface area contributed by atoms with Crippen LogP contribution in [0.4, 0.5) is 11.4 Å². The van der Waals surface area contributed by atoms with Gasteiger partial charge in [0.2, 0.25) is 0 Å². The molecule has 4 rings (SSSR count). The molecule has 2 amide bonds. The van der Waals surface area contributed by atoms with Crippen molar-refractivity contribution in [2.45, 2.75) is 25.7 Å². The predicted molar refractivity (Wildman–Crippen MR) is 131 cm³/mol. The van der Waals surface area contributed by atoms with E-state index in [1.165, 1.54) is 4.90 Å². The van der Waals surface area contributed by atoms with Crippen molar-refractivity contribution in [3.8, 4) is 0 Å². The maximum atomic E-state index is 11.9. The number of nitrogens with zero attached hydrogens (tertiary/aromatic N) is 1. The van der Waals surface area contributed by atoms with Gasteiger partial charge in [0, 0.05) is 37.1 Å². The number of carbonyl (C=O) groups is 4. The molecule has 32 heavy (non-hydrogen) atoms. The number of anilines is 2. The maximum absolute atomic E-state index is 11.9. The largest absolute Gasteiger partial charge is 0.361 e. The Hall–Kier alpha value is -2.66. The Kier molecular flexibility index (Phi) is 9.02. The van der Waals surface area contributed by atoms with Gasteiger partial charge in [-0.15, -0.1) is 0 Å². The van der Waals surface area contributed by atoms with Crippen LogP contribution in [0.25, 0.3) is 0 Å². The molecule has 0 saturated carbocycles. The quantitative estimate of drug-likeness (QED) is 0.392. The van der Waals surface area contributed by atoms with E-state index >= 15 is 0 Å². The first-order valence-corrected chi connectivity index (χ1v) is 14.9. The van der Waals surface area contributed by atoms with Crippen LogP contribution in [-0.2, 0) is 36.7 Å². The van der Waals surface area contributed by atoms with Gasteiger partial charge < -0.3 is 10.1 Å². The second-order valence-electron chi connectivity index (χ2n) is 8.26. The first-order chi connectivity index (χ1) is 15.2. The number of carbonyl (C=O) groups excluding carboxylic acids is 4. The van der Waals surface area contributed by atoms with Gasteiger partial charge in [-0.3, -0.25) is 24.1 Å². The van der Waals surface area contributed by atoms with E-state index in [0.717, 1.165) is 6.04 Å². The monoisotopic (exact) mass is 488 g/mol. The van der Waals surface area contributed by atoms with Crippen LogP contribution in [0.2, 0.25) is 25.7 Å². The second kappa shape index (κ2) is 11.3. The molecule has 0 aromatic heterocycles. The van der Waals surface area contributed by atoms with Gasteiger partial charge in [0.25, 0.3) is 17.5 Å². The number of para-hydroxylation sites is 2. The summed E-state index contributed by atoms with van der Waals surface area (Å²) in [5.41, 5.74) is 2.21. The van der Waals surface area contributed by atoms with Gasteiger partial charge in [-0.05, 0) is 30.3 Å². The number of amides is 2. The summed E-state index contributed by atoms with van der Waals surface area (Å²) in [6, 6.07) is 14.9. The van der Waals surface area contributed by atoms with E-state index in [1.807, 2.05) is 6.07 Å². The number of rotatable bonds is 5. The van der Waals surface area contributed by atoms with Gasteiger partial charge in [-0.2, -0.15) is 0 Å². The molecule has 0 saturated heterocycles. The number of nitrogens with one attached hydrogen (secondary N) is 1. The molecule has 2 aromatic rings. The summed E-state index contributed by atoms with van der Waals surface area (Å²) in [5.74, 6) is -1.91. The Balaban J connectivity index is 0.000000236.